The van der Waals surface area contributed by atoms with Crippen molar-refractivity contribution in [3.8, 4) is 0 Å². The highest BCUT2D eigenvalue weighted by atomic mass is 32.2. The molecule has 21 heavy (non-hydrogen) atoms. The molecule has 0 unspecified atom stereocenters. The van der Waals surface area contributed by atoms with Crippen molar-refractivity contribution in [2.24, 2.45) is 0 Å². The Morgan fingerprint density at radius 1 is 1.24 bits per heavy atom. The summed E-state index contributed by atoms with van der Waals surface area (Å²) in [5.41, 5.74) is 6.13. The minimum Gasteiger partial charge on any atom is -0.399 e. The molecule has 0 spiro atoms. The second-order valence-corrected chi connectivity index (χ2v) is 7.20. The Labute approximate surface area is 126 Å². The van der Waals surface area contributed by atoms with E-state index in [1.54, 1.807) is 12.1 Å². The first-order valence-corrected chi connectivity index (χ1v) is 8.68. The first kappa shape index (κ1) is 15.6. The molecular weight excluding hydrogens is 313 g/mol. The van der Waals surface area contributed by atoms with E-state index in [-0.39, 0.29) is 11.4 Å². The predicted molar refractivity (Wildman–Crippen MR) is 83.2 cm³/mol. The fourth-order valence-corrected chi connectivity index (χ4v) is 3.89. The third-order valence-corrected chi connectivity index (χ3v) is 5.08. The normalized spacial score (nSPS) is 11.3. The van der Waals surface area contributed by atoms with Crippen LogP contribution in [0, 0.1) is 5.82 Å². The van der Waals surface area contributed by atoms with Crippen molar-refractivity contribution in [3.05, 3.63) is 48.5 Å². The minimum absolute atomic E-state index is 0.0949. The van der Waals surface area contributed by atoms with E-state index >= 15 is 0 Å². The maximum absolute atomic E-state index is 13.3. The Hall–Kier alpha value is -1.80. The standard InChI is InChI=1S/C13H14FN3O2S2/c14-12-9-16-6-5-13(12)17-21(18,19)8-7-20-11-3-1-10(15)2-4-11/h1-6,9H,7-8,15H2,(H,16,17). The van der Waals surface area contributed by atoms with Gasteiger partial charge in [0.15, 0.2) is 5.82 Å². The monoisotopic (exact) mass is 327 g/mol. The van der Waals surface area contributed by atoms with E-state index in [1.165, 1.54) is 24.0 Å². The zero-order valence-corrected chi connectivity index (χ0v) is 12.6. The number of nitrogens with one attached hydrogen (secondary N) is 1. The van der Waals surface area contributed by atoms with Crippen molar-refractivity contribution in [3.63, 3.8) is 0 Å². The molecule has 0 aliphatic rings. The number of pyridine rings is 1. The van der Waals surface area contributed by atoms with Crippen molar-refractivity contribution >= 4 is 33.2 Å². The number of hydrogen-bond donors (Lipinski definition) is 2. The van der Waals surface area contributed by atoms with Gasteiger partial charge in [0.1, 0.15) is 0 Å². The van der Waals surface area contributed by atoms with Gasteiger partial charge in [-0.1, -0.05) is 0 Å². The van der Waals surface area contributed by atoms with Gasteiger partial charge in [-0.25, -0.2) is 12.8 Å². The topological polar surface area (TPSA) is 85.1 Å². The van der Waals surface area contributed by atoms with E-state index in [0.717, 1.165) is 11.1 Å². The highest BCUT2D eigenvalue weighted by Crippen LogP contribution is 2.20. The number of benzene rings is 1. The molecule has 1 aromatic heterocycles. The summed E-state index contributed by atoms with van der Waals surface area (Å²) in [7, 11) is -3.60. The number of aromatic nitrogens is 1. The van der Waals surface area contributed by atoms with Crippen LogP contribution in [0.1, 0.15) is 0 Å². The molecule has 0 radical (unpaired) electrons. The lowest BCUT2D eigenvalue weighted by atomic mass is 10.3. The lowest BCUT2D eigenvalue weighted by Gasteiger charge is -2.08. The van der Waals surface area contributed by atoms with Gasteiger partial charge in [0.25, 0.3) is 0 Å². The van der Waals surface area contributed by atoms with Crippen molar-refractivity contribution < 1.29 is 12.8 Å². The van der Waals surface area contributed by atoms with Gasteiger partial charge in [-0.2, -0.15) is 0 Å². The fourth-order valence-electron chi connectivity index (χ4n) is 1.51. The molecule has 0 fully saturated rings. The maximum atomic E-state index is 13.3. The Morgan fingerprint density at radius 2 is 1.95 bits per heavy atom. The molecule has 1 heterocycles. The van der Waals surface area contributed by atoms with Crippen LogP contribution >= 0.6 is 11.8 Å². The van der Waals surface area contributed by atoms with Crippen molar-refractivity contribution in [1.29, 1.82) is 0 Å². The lowest BCUT2D eigenvalue weighted by Crippen LogP contribution is -2.18. The molecule has 0 aliphatic carbocycles. The van der Waals surface area contributed by atoms with Crippen LogP contribution in [-0.4, -0.2) is 24.9 Å². The van der Waals surface area contributed by atoms with Crippen LogP contribution in [0.3, 0.4) is 0 Å². The average molecular weight is 327 g/mol. The summed E-state index contributed by atoms with van der Waals surface area (Å²) in [5.74, 6) is -0.470. The van der Waals surface area contributed by atoms with Gasteiger partial charge >= 0.3 is 0 Å². The van der Waals surface area contributed by atoms with E-state index in [4.69, 9.17) is 5.73 Å². The Kier molecular flexibility index (Phi) is 5.03. The molecule has 5 nitrogen and oxygen atoms in total. The van der Waals surface area contributed by atoms with Crippen LogP contribution in [0.15, 0.2) is 47.6 Å². The van der Waals surface area contributed by atoms with Gasteiger partial charge in [-0.05, 0) is 30.3 Å². The van der Waals surface area contributed by atoms with Crippen LogP contribution < -0.4 is 10.5 Å². The SMILES string of the molecule is Nc1ccc(SCCS(=O)(=O)Nc2ccncc2F)cc1. The zero-order valence-electron chi connectivity index (χ0n) is 11.0. The number of nitrogen functional groups attached to an aromatic ring is 1. The summed E-state index contributed by atoms with van der Waals surface area (Å²) >= 11 is 1.39. The van der Waals surface area contributed by atoms with Crippen LogP contribution in [0.4, 0.5) is 15.8 Å². The van der Waals surface area contributed by atoms with Crippen LogP contribution in [0.2, 0.25) is 0 Å². The molecule has 2 rings (SSSR count). The number of anilines is 2. The third kappa shape index (κ3) is 4.91. The number of nitrogens with zero attached hydrogens (tertiary/aromatic N) is 1. The fraction of sp³-hybridized carbons (Fsp3) is 0.154. The number of hydrogen-bond acceptors (Lipinski definition) is 5. The van der Waals surface area contributed by atoms with Crippen LogP contribution in [-0.2, 0) is 10.0 Å². The van der Waals surface area contributed by atoms with Gasteiger partial charge in [0.05, 0.1) is 17.6 Å². The molecule has 0 aliphatic heterocycles. The summed E-state index contributed by atoms with van der Waals surface area (Å²) in [6, 6.07) is 8.42. The summed E-state index contributed by atoms with van der Waals surface area (Å²) in [6.45, 7) is 0. The Balaban J connectivity index is 1.90. The molecular formula is C13H14FN3O2S2. The minimum atomic E-state index is -3.60. The van der Waals surface area contributed by atoms with Crippen LogP contribution in [0.25, 0.3) is 0 Å². The van der Waals surface area contributed by atoms with Crippen LogP contribution in [0.5, 0.6) is 0 Å². The average Bonchev–Trinajstić information content (AvgIpc) is 2.43. The summed E-state index contributed by atoms with van der Waals surface area (Å²) in [5, 5.41) is 0. The first-order valence-electron chi connectivity index (χ1n) is 6.05. The Bertz CT molecular complexity index is 706. The van der Waals surface area contributed by atoms with Gasteiger partial charge < -0.3 is 5.73 Å². The zero-order chi connectivity index (χ0) is 15.3. The van der Waals surface area contributed by atoms with Gasteiger partial charge in [-0.3, -0.25) is 9.71 Å². The van der Waals surface area contributed by atoms with E-state index in [9.17, 15) is 12.8 Å². The number of thioether (sulfide) groups is 1. The molecule has 0 saturated heterocycles. The van der Waals surface area contributed by atoms with Gasteiger partial charge in [0.2, 0.25) is 10.0 Å². The summed E-state index contributed by atoms with van der Waals surface area (Å²) in [4.78, 5) is 4.49. The molecule has 1 aromatic carbocycles. The maximum Gasteiger partial charge on any atom is 0.233 e. The third-order valence-electron chi connectivity index (χ3n) is 2.54. The first-order chi connectivity index (χ1) is 9.96. The van der Waals surface area contributed by atoms with Crippen molar-refractivity contribution in [2.75, 3.05) is 22.0 Å². The van der Waals surface area contributed by atoms with E-state index in [2.05, 4.69) is 9.71 Å². The molecule has 2 aromatic rings. The summed E-state index contributed by atoms with van der Waals surface area (Å²) < 4.78 is 39.3. The highest BCUT2D eigenvalue weighted by molar-refractivity contribution is 8.01. The predicted octanol–water partition coefficient (Wildman–Crippen LogP) is 2.34. The van der Waals surface area contributed by atoms with Crippen molar-refractivity contribution in [1.82, 2.24) is 4.98 Å². The summed E-state index contributed by atoms with van der Waals surface area (Å²) in [6.07, 6.45) is 2.28. The Morgan fingerprint density at radius 3 is 2.62 bits per heavy atom. The molecule has 3 N–H and O–H groups in total. The molecule has 0 amide bonds. The number of halogens is 1. The van der Waals surface area contributed by atoms with Crippen molar-refractivity contribution in [2.45, 2.75) is 4.90 Å². The largest absolute Gasteiger partial charge is 0.399 e. The molecule has 112 valence electrons. The van der Waals surface area contributed by atoms with E-state index in [0.29, 0.717) is 11.4 Å². The smallest absolute Gasteiger partial charge is 0.233 e. The molecule has 0 saturated carbocycles. The quantitative estimate of drug-likeness (QED) is 0.628. The number of sulfonamides is 1. The van der Waals surface area contributed by atoms with E-state index in [1.807, 2.05) is 12.1 Å². The van der Waals surface area contributed by atoms with Gasteiger partial charge in [-0.15, -0.1) is 11.8 Å². The second-order valence-electron chi connectivity index (χ2n) is 4.19. The number of nitrogens with two attached hydrogens (primary N) is 1. The highest BCUT2D eigenvalue weighted by Gasteiger charge is 2.13. The van der Waals surface area contributed by atoms with E-state index < -0.39 is 15.8 Å². The number of rotatable bonds is 6. The molecule has 0 atom stereocenters. The van der Waals surface area contributed by atoms with Gasteiger partial charge in [0, 0.05) is 22.5 Å². The lowest BCUT2D eigenvalue weighted by molar-refractivity contribution is 0.599. The molecule has 0 bridgehead atoms. The second kappa shape index (κ2) is 6.77. The molecule has 8 heteroatoms.